The summed E-state index contributed by atoms with van der Waals surface area (Å²) in [6.45, 7) is 5.47. The Morgan fingerprint density at radius 3 is 2.57 bits per heavy atom. The summed E-state index contributed by atoms with van der Waals surface area (Å²) in [5.74, 6) is 0.626. The molecule has 1 aromatic rings. The zero-order valence-electron chi connectivity index (χ0n) is 16.7. The standard InChI is InChI=1S/C21H29N3O3S/c1-15(2)24(17-9-3-4-10-17)21(25)16-8-7-13-23(14-16)20-18-11-5-6-12-19(18)28(26,27)22-20/h5-6,11-12,15-17H,3-4,7-10,13-14H2,1-2H3. The molecule has 1 saturated heterocycles. The van der Waals surface area contributed by atoms with Gasteiger partial charge in [-0.25, -0.2) is 0 Å². The summed E-state index contributed by atoms with van der Waals surface area (Å²) in [7, 11) is -3.63. The molecule has 2 heterocycles. The fraction of sp³-hybridized carbons (Fsp3) is 0.619. The molecule has 1 saturated carbocycles. The highest BCUT2D eigenvalue weighted by molar-refractivity contribution is 7.90. The van der Waals surface area contributed by atoms with Crippen LogP contribution in [0.15, 0.2) is 33.6 Å². The number of amides is 1. The lowest BCUT2D eigenvalue weighted by molar-refractivity contribution is -0.141. The van der Waals surface area contributed by atoms with Crippen molar-refractivity contribution >= 4 is 21.8 Å². The number of likely N-dealkylation sites (tertiary alicyclic amines) is 1. The van der Waals surface area contributed by atoms with Crippen molar-refractivity contribution in [2.45, 2.75) is 69.4 Å². The Hall–Kier alpha value is -1.89. The third-order valence-corrected chi connectivity index (χ3v) is 7.54. The van der Waals surface area contributed by atoms with Gasteiger partial charge >= 0.3 is 0 Å². The number of rotatable bonds is 3. The maximum absolute atomic E-state index is 13.4. The summed E-state index contributed by atoms with van der Waals surface area (Å²) in [4.78, 5) is 17.8. The van der Waals surface area contributed by atoms with Crippen LogP contribution >= 0.6 is 0 Å². The predicted molar refractivity (Wildman–Crippen MR) is 109 cm³/mol. The molecule has 0 bridgehead atoms. The van der Waals surface area contributed by atoms with Gasteiger partial charge in [-0.3, -0.25) is 4.79 Å². The molecule has 1 aromatic carbocycles. The molecule has 1 aliphatic carbocycles. The number of hydrogen-bond acceptors (Lipinski definition) is 4. The van der Waals surface area contributed by atoms with E-state index >= 15 is 0 Å². The van der Waals surface area contributed by atoms with E-state index in [1.807, 2.05) is 17.0 Å². The molecule has 0 N–H and O–H groups in total. The average Bonchev–Trinajstić information content (AvgIpc) is 3.29. The highest BCUT2D eigenvalue weighted by Crippen LogP contribution is 2.32. The first-order valence-corrected chi connectivity index (χ1v) is 11.8. The number of benzene rings is 1. The van der Waals surface area contributed by atoms with Crippen molar-refractivity contribution < 1.29 is 13.2 Å². The van der Waals surface area contributed by atoms with E-state index < -0.39 is 10.0 Å². The summed E-state index contributed by atoms with van der Waals surface area (Å²) in [5, 5.41) is 0. The van der Waals surface area contributed by atoms with E-state index in [2.05, 4.69) is 23.1 Å². The molecule has 1 unspecified atom stereocenters. The predicted octanol–water partition coefficient (Wildman–Crippen LogP) is 3.03. The van der Waals surface area contributed by atoms with Crippen molar-refractivity contribution in [1.82, 2.24) is 9.80 Å². The minimum Gasteiger partial charge on any atom is -0.355 e. The summed E-state index contributed by atoms with van der Waals surface area (Å²) in [5.41, 5.74) is 0.659. The third kappa shape index (κ3) is 3.45. The van der Waals surface area contributed by atoms with E-state index in [1.165, 1.54) is 12.8 Å². The molecule has 2 aliphatic heterocycles. The molecule has 28 heavy (non-hydrogen) atoms. The maximum atomic E-state index is 13.4. The molecular weight excluding hydrogens is 374 g/mol. The Balaban J connectivity index is 1.56. The van der Waals surface area contributed by atoms with Gasteiger partial charge in [-0.1, -0.05) is 25.0 Å². The van der Waals surface area contributed by atoms with Crippen LogP contribution in [0.2, 0.25) is 0 Å². The molecule has 4 rings (SSSR count). The monoisotopic (exact) mass is 403 g/mol. The van der Waals surface area contributed by atoms with E-state index in [9.17, 15) is 13.2 Å². The SMILES string of the molecule is CC(C)N(C(=O)C1CCCN(C2=NS(=O)(=O)c3ccccc32)C1)C1CCCC1. The van der Waals surface area contributed by atoms with Crippen LogP contribution in [0.25, 0.3) is 0 Å². The van der Waals surface area contributed by atoms with Crippen LogP contribution < -0.4 is 0 Å². The van der Waals surface area contributed by atoms with Crippen LogP contribution in [-0.2, 0) is 14.8 Å². The molecule has 1 amide bonds. The van der Waals surface area contributed by atoms with E-state index in [4.69, 9.17) is 0 Å². The maximum Gasteiger partial charge on any atom is 0.285 e. The Morgan fingerprint density at radius 2 is 1.86 bits per heavy atom. The van der Waals surface area contributed by atoms with Crippen LogP contribution in [0.1, 0.15) is 57.9 Å². The molecule has 6 nitrogen and oxygen atoms in total. The second-order valence-corrected chi connectivity index (χ2v) is 10.0. The van der Waals surface area contributed by atoms with Crippen LogP contribution in [0.4, 0.5) is 0 Å². The lowest BCUT2D eigenvalue weighted by atomic mass is 9.94. The van der Waals surface area contributed by atoms with Gasteiger partial charge < -0.3 is 9.80 Å². The summed E-state index contributed by atoms with van der Waals surface area (Å²) in [6, 6.07) is 7.52. The van der Waals surface area contributed by atoms with Gasteiger partial charge in [0.2, 0.25) is 5.91 Å². The molecule has 0 aromatic heterocycles. The fourth-order valence-corrected chi connectivity index (χ4v) is 6.16. The molecule has 0 radical (unpaired) electrons. The highest BCUT2D eigenvalue weighted by Gasteiger charge is 2.38. The van der Waals surface area contributed by atoms with Crippen molar-refractivity contribution in [1.29, 1.82) is 0 Å². The molecular formula is C21H29N3O3S. The minimum absolute atomic E-state index is 0.102. The first-order valence-electron chi connectivity index (χ1n) is 10.4. The number of sulfonamides is 1. The summed E-state index contributed by atoms with van der Waals surface area (Å²) in [6.07, 6.45) is 6.31. The van der Waals surface area contributed by atoms with Crippen LogP contribution in [0.3, 0.4) is 0 Å². The number of carbonyl (C=O) groups excluding carboxylic acids is 1. The average molecular weight is 404 g/mol. The van der Waals surface area contributed by atoms with Gasteiger partial charge in [-0.15, -0.1) is 4.40 Å². The van der Waals surface area contributed by atoms with Crippen LogP contribution in [-0.4, -0.2) is 55.1 Å². The van der Waals surface area contributed by atoms with Gasteiger partial charge in [0.25, 0.3) is 10.0 Å². The summed E-state index contributed by atoms with van der Waals surface area (Å²) >= 11 is 0. The normalized spacial score (nSPS) is 24.3. The van der Waals surface area contributed by atoms with Crippen molar-refractivity contribution in [2.24, 2.45) is 10.3 Å². The largest absolute Gasteiger partial charge is 0.355 e. The van der Waals surface area contributed by atoms with E-state index in [-0.39, 0.29) is 22.8 Å². The summed E-state index contributed by atoms with van der Waals surface area (Å²) < 4.78 is 28.9. The van der Waals surface area contributed by atoms with Crippen molar-refractivity contribution in [3.8, 4) is 0 Å². The van der Waals surface area contributed by atoms with Crippen LogP contribution in [0, 0.1) is 5.92 Å². The van der Waals surface area contributed by atoms with E-state index in [1.54, 1.807) is 12.1 Å². The second kappa shape index (κ2) is 7.50. The molecule has 3 aliphatic rings. The van der Waals surface area contributed by atoms with E-state index in [0.717, 1.165) is 32.2 Å². The number of piperidine rings is 1. The third-order valence-electron chi connectivity index (χ3n) is 6.21. The number of fused-ring (bicyclic) bond motifs is 1. The number of carbonyl (C=O) groups is 1. The highest BCUT2D eigenvalue weighted by atomic mass is 32.2. The number of amidine groups is 1. The lowest BCUT2D eigenvalue weighted by Crippen LogP contribution is -2.51. The van der Waals surface area contributed by atoms with Crippen molar-refractivity contribution in [3.05, 3.63) is 29.8 Å². The van der Waals surface area contributed by atoms with Crippen molar-refractivity contribution in [3.63, 3.8) is 0 Å². The zero-order chi connectivity index (χ0) is 19.9. The number of hydrogen-bond donors (Lipinski definition) is 0. The zero-order valence-corrected chi connectivity index (χ0v) is 17.5. The molecule has 2 fully saturated rings. The van der Waals surface area contributed by atoms with Crippen LogP contribution in [0.5, 0.6) is 0 Å². The van der Waals surface area contributed by atoms with Gasteiger partial charge in [0.15, 0.2) is 5.84 Å². The van der Waals surface area contributed by atoms with Gasteiger partial charge in [0.05, 0.1) is 5.92 Å². The van der Waals surface area contributed by atoms with Gasteiger partial charge in [0, 0.05) is 30.7 Å². The van der Waals surface area contributed by atoms with Gasteiger partial charge in [-0.2, -0.15) is 8.42 Å². The van der Waals surface area contributed by atoms with E-state index in [0.29, 0.717) is 24.0 Å². The van der Waals surface area contributed by atoms with Gasteiger partial charge in [0.1, 0.15) is 4.90 Å². The lowest BCUT2D eigenvalue weighted by Gasteiger charge is -2.39. The Kier molecular flexibility index (Phi) is 5.21. The molecule has 1 atom stereocenters. The molecule has 0 spiro atoms. The first-order chi connectivity index (χ1) is 13.4. The molecule has 7 heteroatoms. The van der Waals surface area contributed by atoms with Gasteiger partial charge in [-0.05, 0) is 51.7 Å². The fourth-order valence-electron chi connectivity index (χ4n) is 4.94. The Bertz CT molecular complexity index is 888. The van der Waals surface area contributed by atoms with Crippen molar-refractivity contribution in [2.75, 3.05) is 13.1 Å². The number of nitrogens with zero attached hydrogens (tertiary/aromatic N) is 3. The Labute approximate surface area is 167 Å². The minimum atomic E-state index is -3.63. The second-order valence-electron chi connectivity index (χ2n) is 8.45. The quantitative estimate of drug-likeness (QED) is 0.778. The first kappa shape index (κ1) is 19.4. The molecule has 152 valence electrons. The smallest absolute Gasteiger partial charge is 0.285 e. The Morgan fingerprint density at radius 1 is 1.14 bits per heavy atom. The topological polar surface area (TPSA) is 70.1 Å².